The van der Waals surface area contributed by atoms with Crippen LogP contribution in [0.4, 0.5) is 20.6 Å². The van der Waals surface area contributed by atoms with E-state index in [0.29, 0.717) is 31.6 Å². The van der Waals surface area contributed by atoms with E-state index in [1.54, 1.807) is 4.90 Å². The van der Waals surface area contributed by atoms with Gasteiger partial charge in [-0.25, -0.2) is 9.18 Å². The molecule has 24 heavy (non-hydrogen) atoms. The quantitative estimate of drug-likeness (QED) is 0.673. The monoisotopic (exact) mass is 339 g/mol. The Balaban J connectivity index is 2.31. The topological polar surface area (TPSA) is 86.9 Å². The number of carbonyl (C=O) groups is 1. The lowest BCUT2D eigenvalue weighted by atomic mass is 9.97. The van der Waals surface area contributed by atoms with Crippen LogP contribution in [0.1, 0.15) is 33.6 Å². The SMILES string of the molecule is CC(C)(C)N(C(=O)O)[C@H]1CCCN(c2ccc(F)cc2[N+](=O)[O-])C1. The first-order valence-electron chi connectivity index (χ1n) is 7.82. The Labute approximate surface area is 139 Å². The Morgan fingerprint density at radius 3 is 2.67 bits per heavy atom. The highest BCUT2D eigenvalue weighted by Crippen LogP contribution is 2.33. The zero-order valence-electron chi connectivity index (χ0n) is 14.0. The molecule has 1 aliphatic rings. The Kier molecular flexibility index (Phi) is 4.96. The van der Waals surface area contributed by atoms with Crippen LogP contribution in [0.2, 0.25) is 0 Å². The molecule has 132 valence electrons. The molecule has 1 amide bonds. The van der Waals surface area contributed by atoms with E-state index in [2.05, 4.69) is 0 Å². The molecule has 1 atom stereocenters. The van der Waals surface area contributed by atoms with Crippen molar-refractivity contribution in [2.24, 2.45) is 0 Å². The van der Waals surface area contributed by atoms with Crippen molar-refractivity contribution >= 4 is 17.5 Å². The summed E-state index contributed by atoms with van der Waals surface area (Å²) in [7, 11) is 0. The second-order valence-corrected chi connectivity index (χ2v) is 6.96. The number of hydrogen-bond acceptors (Lipinski definition) is 4. The predicted octanol–water partition coefficient (Wildman–Crippen LogP) is 3.48. The summed E-state index contributed by atoms with van der Waals surface area (Å²) in [5.74, 6) is -0.666. The van der Waals surface area contributed by atoms with E-state index >= 15 is 0 Å². The highest BCUT2D eigenvalue weighted by molar-refractivity contribution is 5.67. The largest absolute Gasteiger partial charge is 0.465 e. The molecule has 0 aromatic heterocycles. The van der Waals surface area contributed by atoms with Gasteiger partial charge in [0.15, 0.2) is 0 Å². The molecule has 0 spiro atoms. The lowest BCUT2D eigenvalue weighted by Gasteiger charge is -2.44. The van der Waals surface area contributed by atoms with Gasteiger partial charge in [0.2, 0.25) is 0 Å². The van der Waals surface area contributed by atoms with E-state index in [-0.39, 0.29) is 11.7 Å². The molecule has 2 rings (SSSR count). The van der Waals surface area contributed by atoms with Crippen LogP contribution in [0.3, 0.4) is 0 Å². The number of piperidine rings is 1. The Morgan fingerprint density at radius 2 is 2.12 bits per heavy atom. The summed E-state index contributed by atoms with van der Waals surface area (Å²) >= 11 is 0. The van der Waals surface area contributed by atoms with Crippen LogP contribution >= 0.6 is 0 Å². The summed E-state index contributed by atoms with van der Waals surface area (Å²) in [5, 5.41) is 20.8. The summed E-state index contributed by atoms with van der Waals surface area (Å²) in [5.41, 5.74) is -0.549. The van der Waals surface area contributed by atoms with Crippen molar-refractivity contribution in [2.75, 3.05) is 18.0 Å². The van der Waals surface area contributed by atoms with Gasteiger partial charge < -0.3 is 10.0 Å². The minimum absolute atomic E-state index is 0.277. The average Bonchev–Trinajstić information content (AvgIpc) is 2.45. The summed E-state index contributed by atoms with van der Waals surface area (Å²) in [6, 6.07) is 3.20. The van der Waals surface area contributed by atoms with Gasteiger partial charge in [0.1, 0.15) is 11.5 Å². The zero-order chi connectivity index (χ0) is 18.1. The summed E-state index contributed by atoms with van der Waals surface area (Å²) in [4.78, 5) is 25.4. The van der Waals surface area contributed by atoms with Gasteiger partial charge in [-0.3, -0.25) is 15.0 Å². The number of carboxylic acid groups (broad SMARTS) is 1. The lowest BCUT2D eigenvalue weighted by molar-refractivity contribution is -0.384. The van der Waals surface area contributed by atoms with Crippen LogP contribution in [0.5, 0.6) is 0 Å². The molecular weight excluding hydrogens is 317 g/mol. The lowest BCUT2D eigenvalue weighted by Crippen LogP contribution is -2.56. The molecule has 1 aromatic rings. The molecule has 7 nitrogen and oxygen atoms in total. The molecule has 0 radical (unpaired) electrons. The molecular formula is C16H22FN3O4. The molecule has 0 bridgehead atoms. The standard InChI is InChI=1S/C16H22FN3O4/c1-16(2,3)19(15(21)22)12-5-4-8-18(10-12)13-7-6-11(17)9-14(13)20(23)24/h6-7,9,12H,4-5,8,10H2,1-3H3,(H,21,22)/t12-/m0/s1. The summed E-state index contributed by atoms with van der Waals surface area (Å²) in [6.45, 7) is 6.37. The highest BCUT2D eigenvalue weighted by atomic mass is 19.1. The summed E-state index contributed by atoms with van der Waals surface area (Å²) < 4.78 is 13.3. The van der Waals surface area contributed by atoms with Gasteiger partial charge in [-0.05, 0) is 45.7 Å². The number of halogens is 1. The van der Waals surface area contributed by atoms with Crippen LogP contribution in [0.25, 0.3) is 0 Å². The maximum atomic E-state index is 13.3. The average molecular weight is 339 g/mol. The molecule has 1 fully saturated rings. The number of hydrogen-bond donors (Lipinski definition) is 1. The number of benzene rings is 1. The second kappa shape index (κ2) is 6.62. The van der Waals surface area contributed by atoms with Crippen LogP contribution in [0, 0.1) is 15.9 Å². The molecule has 0 aliphatic carbocycles. The van der Waals surface area contributed by atoms with Gasteiger partial charge in [0.25, 0.3) is 5.69 Å². The minimum atomic E-state index is -1.01. The van der Waals surface area contributed by atoms with Gasteiger partial charge in [0.05, 0.1) is 17.0 Å². The third-order valence-electron chi connectivity index (χ3n) is 4.17. The Morgan fingerprint density at radius 1 is 1.46 bits per heavy atom. The Bertz CT molecular complexity index is 645. The number of rotatable bonds is 3. The van der Waals surface area contributed by atoms with Crippen LogP contribution in [-0.2, 0) is 0 Å². The molecule has 0 unspecified atom stereocenters. The number of amides is 1. The van der Waals surface area contributed by atoms with Gasteiger partial charge in [-0.1, -0.05) is 0 Å². The van der Waals surface area contributed by atoms with Crippen LogP contribution in [-0.4, -0.2) is 45.7 Å². The maximum Gasteiger partial charge on any atom is 0.408 e. The Hall–Kier alpha value is -2.38. The third kappa shape index (κ3) is 3.74. The van der Waals surface area contributed by atoms with Crippen molar-refractivity contribution < 1.29 is 19.2 Å². The van der Waals surface area contributed by atoms with E-state index in [1.165, 1.54) is 17.0 Å². The van der Waals surface area contributed by atoms with Crippen molar-refractivity contribution in [3.8, 4) is 0 Å². The van der Waals surface area contributed by atoms with E-state index < -0.39 is 22.4 Å². The highest BCUT2D eigenvalue weighted by Gasteiger charge is 2.36. The first kappa shape index (κ1) is 18.0. The molecule has 8 heteroatoms. The summed E-state index contributed by atoms with van der Waals surface area (Å²) in [6.07, 6.45) is 0.386. The van der Waals surface area contributed by atoms with Crippen molar-refractivity contribution in [1.29, 1.82) is 0 Å². The van der Waals surface area contributed by atoms with Crippen molar-refractivity contribution in [3.63, 3.8) is 0 Å². The van der Waals surface area contributed by atoms with Gasteiger partial charge in [-0.15, -0.1) is 0 Å². The van der Waals surface area contributed by atoms with E-state index in [1.807, 2.05) is 20.8 Å². The van der Waals surface area contributed by atoms with Gasteiger partial charge in [-0.2, -0.15) is 0 Å². The maximum absolute atomic E-state index is 13.3. The van der Waals surface area contributed by atoms with Crippen LogP contribution in [0.15, 0.2) is 18.2 Å². The zero-order valence-corrected chi connectivity index (χ0v) is 14.0. The fourth-order valence-corrected chi connectivity index (χ4v) is 3.29. The van der Waals surface area contributed by atoms with Gasteiger partial charge >= 0.3 is 6.09 Å². The van der Waals surface area contributed by atoms with Crippen molar-refractivity contribution in [3.05, 3.63) is 34.1 Å². The molecule has 1 aromatic carbocycles. The molecule has 1 heterocycles. The normalized spacial score (nSPS) is 18.3. The molecule has 1 aliphatic heterocycles. The van der Waals surface area contributed by atoms with Gasteiger partial charge in [0, 0.05) is 18.6 Å². The predicted molar refractivity (Wildman–Crippen MR) is 87.9 cm³/mol. The van der Waals surface area contributed by atoms with Crippen molar-refractivity contribution in [1.82, 2.24) is 4.90 Å². The fraction of sp³-hybridized carbons (Fsp3) is 0.562. The smallest absolute Gasteiger partial charge is 0.408 e. The number of anilines is 1. The van der Waals surface area contributed by atoms with Crippen LogP contribution < -0.4 is 4.90 Å². The minimum Gasteiger partial charge on any atom is -0.465 e. The molecule has 0 saturated carbocycles. The van der Waals surface area contributed by atoms with Crippen molar-refractivity contribution in [2.45, 2.75) is 45.2 Å². The fourth-order valence-electron chi connectivity index (χ4n) is 3.29. The third-order valence-corrected chi connectivity index (χ3v) is 4.17. The van der Waals surface area contributed by atoms with E-state index in [4.69, 9.17) is 0 Å². The number of nitro groups is 1. The number of nitro benzene ring substituents is 1. The first-order chi connectivity index (χ1) is 11.1. The first-order valence-corrected chi connectivity index (χ1v) is 7.82. The second-order valence-electron chi connectivity index (χ2n) is 6.96. The molecule has 1 N–H and O–H groups in total. The van der Waals surface area contributed by atoms with E-state index in [9.17, 15) is 24.4 Å². The number of nitrogens with zero attached hydrogens (tertiary/aromatic N) is 3. The molecule has 1 saturated heterocycles. The van der Waals surface area contributed by atoms with E-state index in [0.717, 1.165) is 6.07 Å².